The Labute approximate surface area is 133 Å². The molecule has 7 heteroatoms. The maximum Gasteiger partial charge on any atom is 0.265 e. The van der Waals surface area contributed by atoms with Gasteiger partial charge in [0.25, 0.3) is 10.0 Å². The van der Waals surface area contributed by atoms with E-state index in [9.17, 15) is 8.42 Å². The number of rotatable bonds is 6. The summed E-state index contributed by atoms with van der Waals surface area (Å²) in [7, 11) is -3.70. The Balaban J connectivity index is 2.34. The van der Waals surface area contributed by atoms with Gasteiger partial charge in [-0.3, -0.25) is 4.72 Å². The number of nitrogens with one attached hydrogen (secondary N) is 2. The molecule has 1 aromatic heterocycles. The van der Waals surface area contributed by atoms with E-state index in [-0.39, 0.29) is 10.7 Å². The second-order valence-corrected chi connectivity index (χ2v) is 6.87. The fourth-order valence-corrected chi connectivity index (χ4v) is 3.45. The summed E-state index contributed by atoms with van der Waals surface area (Å²) in [6.07, 6.45) is 2.44. The van der Waals surface area contributed by atoms with E-state index in [4.69, 9.17) is 0 Å². The molecule has 0 saturated heterocycles. The van der Waals surface area contributed by atoms with Crippen molar-refractivity contribution < 1.29 is 8.42 Å². The van der Waals surface area contributed by atoms with Crippen LogP contribution in [0.3, 0.4) is 0 Å². The predicted molar refractivity (Wildman–Crippen MR) is 88.0 cm³/mol. The molecule has 0 bridgehead atoms. The Morgan fingerprint density at radius 3 is 2.67 bits per heavy atom. The third-order valence-electron chi connectivity index (χ3n) is 2.73. The molecule has 0 atom stereocenters. The molecule has 1 heterocycles. The number of sulfonamides is 1. The molecule has 2 N–H and O–H groups in total. The van der Waals surface area contributed by atoms with Crippen LogP contribution in [-0.2, 0) is 10.0 Å². The van der Waals surface area contributed by atoms with Crippen LogP contribution in [0.15, 0.2) is 52.0 Å². The third kappa shape index (κ3) is 3.95. The third-order valence-corrected chi connectivity index (χ3v) is 4.77. The first-order valence-electron chi connectivity index (χ1n) is 6.51. The Bertz CT molecular complexity index is 720. The molecular weight excluding hydrogens is 354 g/mol. The Morgan fingerprint density at radius 1 is 1.19 bits per heavy atom. The highest BCUT2D eigenvalue weighted by Gasteiger charge is 2.19. The van der Waals surface area contributed by atoms with Gasteiger partial charge < -0.3 is 5.32 Å². The minimum Gasteiger partial charge on any atom is -0.384 e. The van der Waals surface area contributed by atoms with Gasteiger partial charge in [0.05, 0.1) is 10.2 Å². The van der Waals surface area contributed by atoms with Crippen molar-refractivity contribution in [3.8, 4) is 0 Å². The Kier molecular flexibility index (Phi) is 5.19. The minimum absolute atomic E-state index is 0.205. The van der Waals surface area contributed by atoms with E-state index >= 15 is 0 Å². The van der Waals surface area contributed by atoms with E-state index in [1.54, 1.807) is 36.4 Å². The van der Waals surface area contributed by atoms with Crippen molar-refractivity contribution in [2.24, 2.45) is 0 Å². The first kappa shape index (κ1) is 15.8. The van der Waals surface area contributed by atoms with Crippen molar-refractivity contribution in [2.75, 3.05) is 16.6 Å². The van der Waals surface area contributed by atoms with Gasteiger partial charge in [-0.25, -0.2) is 13.4 Å². The standard InChI is InChI=1S/C14H16BrN3O2S/c1-2-9-16-12-7-3-4-8-13(12)21(19,20)18-14-11(15)6-5-10-17-14/h3-8,10,16H,2,9H2,1H3,(H,17,18). The van der Waals surface area contributed by atoms with Crippen molar-refractivity contribution in [1.29, 1.82) is 0 Å². The van der Waals surface area contributed by atoms with Gasteiger partial charge in [-0.05, 0) is 46.6 Å². The lowest BCUT2D eigenvalue weighted by Crippen LogP contribution is -2.16. The van der Waals surface area contributed by atoms with Gasteiger partial charge in [0, 0.05) is 12.7 Å². The zero-order valence-corrected chi connectivity index (χ0v) is 13.9. The number of para-hydroxylation sites is 1. The maximum atomic E-state index is 12.5. The number of hydrogen-bond donors (Lipinski definition) is 2. The molecule has 0 fully saturated rings. The number of anilines is 2. The van der Waals surface area contributed by atoms with Crippen LogP contribution in [-0.4, -0.2) is 19.9 Å². The summed E-state index contributed by atoms with van der Waals surface area (Å²) in [6, 6.07) is 10.3. The number of nitrogens with zero attached hydrogens (tertiary/aromatic N) is 1. The monoisotopic (exact) mass is 369 g/mol. The predicted octanol–water partition coefficient (Wildman–Crippen LogP) is 3.47. The molecule has 112 valence electrons. The van der Waals surface area contributed by atoms with Gasteiger partial charge in [0.15, 0.2) is 5.82 Å². The van der Waals surface area contributed by atoms with Crippen LogP contribution in [0.25, 0.3) is 0 Å². The van der Waals surface area contributed by atoms with Gasteiger partial charge >= 0.3 is 0 Å². The van der Waals surface area contributed by atoms with E-state index < -0.39 is 10.0 Å². The molecule has 2 rings (SSSR count). The summed E-state index contributed by atoms with van der Waals surface area (Å²) < 4.78 is 28.1. The van der Waals surface area contributed by atoms with Gasteiger partial charge in [-0.15, -0.1) is 0 Å². The maximum absolute atomic E-state index is 12.5. The molecule has 5 nitrogen and oxygen atoms in total. The van der Waals surface area contributed by atoms with E-state index in [1.807, 2.05) is 6.92 Å². The topological polar surface area (TPSA) is 71.1 Å². The summed E-state index contributed by atoms with van der Waals surface area (Å²) in [5.41, 5.74) is 0.582. The molecule has 0 aliphatic rings. The molecule has 21 heavy (non-hydrogen) atoms. The number of benzene rings is 1. The van der Waals surface area contributed by atoms with Gasteiger partial charge in [-0.1, -0.05) is 19.1 Å². The highest BCUT2D eigenvalue weighted by molar-refractivity contribution is 9.10. The molecule has 2 aromatic rings. The first-order valence-corrected chi connectivity index (χ1v) is 8.78. The number of pyridine rings is 1. The lowest BCUT2D eigenvalue weighted by molar-refractivity contribution is 0.601. The van der Waals surface area contributed by atoms with Gasteiger partial charge in [0.2, 0.25) is 0 Å². The van der Waals surface area contributed by atoms with E-state index in [2.05, 4.69) is 31.0 Å². The number of aromatic nitrogens is 1. The molecule has 0 aliphatic carbocycles. The molecule has 0 spiro atoms. The Morgan fingerprint density at radius 2 is 1.95 bits per heavy atom. The van der Waals surface area contributed by atoms with Crippen molar-refractivity contribution in [3.63, 3.8) is 0 Å². The van der Waals surface area contributed by atoms with Crippen LogP contribution in [0.4, 0.5) is 11.5 Å². The summed E-state index contributed by atoms with van der Waals surface area (Å²) in [4.78, 5) is 4.23. The zero-order valence-electron chi connectivity index (χ0n) is 11.5. The lowest BCUT2D eigenvalue weighted by atomic mass is 10.3. The normalized spacial score (nSPS) is 11.1. The average Bonchev–Trinajstić information content (AvgIpc) is 2.47. The van der Waals surface area contributed by atoms with Crippen molar-refractivity contribution in [1.82, 2.24) is 4.98 Å². The average molecular weight is 370 g/mol. The molecule has 0 aliphatic heterocycles. The van der Waals surface area contributed by atoms with Crippen LogP contribution in [0.1, 0.15) is 13.3 Å². The fourth-order valence-electron chi connectivity index (χ4n) is 1.75. The quantitative estimate of drug-likeness (QED) is 0.817. The van der Waals surface area contributed by atoms with E-state index in [1.165, 1.54) is 6.20 Å². The fraction of sp³-hybridized carbons (Fsp3) is 0.214. The smallest absolute Gasteiger partial charge is 0.265 e. The Hall–Kier alpha value is -1.60. The van der Waals surface area contributed by atoms with Crippen LogP contribution >= 0.6 is 15.9 Å². The summed E-state index contributed by atoms with van der Waals surface area (Å²) >= 11 is 3.28. The van der Waals surface area contributed by atoms with E-state index in [0.717, 1.165) is 6.42 Å². The van der Waals surface area contributed by atoms with Crippen LogP contribution < -0.4 is 10.0 Å². The lowest BCUT2D eigenvalue weighted by Gasteiger charge is -2.13. The molecular formula is C14H16BrN3O2S. The second kappa shape index (κ2) is 6.91. The van der Waals surface area contributed by atoms with Crippen LogP contribution in [0.2, 0.25) is 0 Å². The zero-order chi connectivity index (χ0) is 15.3. The minimum atomic E-state index is -3.70. The van der Waals surface area contributed by atoms with Gasteiger partial charge in [-0.2, -0.15) is 0 Å². The largest absolute Gasteiger partial charge is 0.384 e. The van der Waals surface area contributed by atoms with Crippen molar-refractivity contribution >= 4 is 37.5 Å². The summed E-state index contributed by atoms with van der Waals surface area (Å²) in [5.74, 6) is 0.266. The highest BCUT2D eigenvalue weighted by Crippen LogP contribution is 2.26. The van der Waals surface area contributed by atoms with Crippen molar-refractivity contribution in [2.45, 2.75) is 18.2 Å². The molecule has 0 radical (unpaired) electrons. The number of halogens is 1. The SMILES string of the molecule is CCCNc1ccccc1S(=O)(=O)Nc1ncccc1Br. The van der Waals surface area contributed by atoms with Gasteiger partial charge in [0.1, 0.15) is 4.90 Å². The van der Waals surface area contributed by atoms with Crippen LogP contribution in [0.5, 0.6) is 0 Å². The molecule has 0 amide bonds. The van der Waals surface area contributed by atoms with Crippen molar-refractivity contribution in [3.05, 3.63) is 47.1 Å². The molecule has 0 saturated carbocycles. The molecule has 0 unspecified atom stereocenters. The first-order chi connectivity index (χ1) is 10.0. The summed E-state index contributed by atoms with van der Waals surface area (Å²) in [5, 5.41) is 3.12. The highest BCUT2D eigenvalue weighted by atomic mass is 79.9. The van der Waals surface area contributed by atoms with Crippen LogP contribution in [0, 0.1) is 0 Å². The molecule has 1 aromatic carbocycles. The van der Waals surface area contributed by atoms with E-state index in [0.29, 0.717) is 16.7 Å². The number of hydrogen-bond acceptors (Lipinski definition) is 4. The second-order valence-electron chi connectivity index (χ2n) is 4.36. The summed E-state index contributed by atoms with van der Waals surface area (Å²) in [6.45, 7) is 2.73.